The number of halogens is 1. The Bertz CT molecular complexity index is 493. The van der Waals surface area contributed by atoms with Gasteiger partial charge < -0.3 is 10.6 Å². The zero-order valence-corrected chi connectivity index (χ0v) is 13.0. The molecule has 20 heavy (non-hydrogen) atoms. The highest BCUT2D eigenvalue weighted by Gasteiger charge is 2.15. The van der Waals surface area contributed by atoms with Crippen molar-refractivity contribution >= 4 is 23.4 Å². The van der Waals surface area contributed by atoms with E-state index in [2.05, 4.69) is 10.6 Å². The van der Waals surface area contributed by atoms with Gasteiger partial charge in [-0.15, -0.1) is 11.6 Å². The molecule has 110 valence electrons. The Morgan fingerprint density at radius 2 is 1.95 bits per heavy atom. The Hall–Kier alpha value is -1.55. The average molecular weight is 297 g/mol. The van der Waals surface area contributed by atoms with E-state index in [4.69, 9.17) is 11.6 Å². The summed E-state index contributed by atoms with van der Waals surface area (Å²) >= 11 is 5.67. The van der Waals surface area contributed by atoms with Crippen molar-refractivity contribution in [3.05, 3.63) is 35.4 Å². The molecule has 4 nitrogen and oxygen atoms in total. The fourth-order valence-electron chi connectivity index (χ4n) is 1.57. The van der Waals surface area contributed by atoms with Gasteiger partial charge in [-0.2, -0.15) is 0 Å². The second kappa shape index (κ2) is 6.75. The molecule has 0 heterocycles. The number of amides is 2. The third-order valence-electron chi connectivity index (χ3n) is 2.51. The van der Waals surface area contributed by atoms with Crippen LogP contribution in [0.25, 0.3) is 0 Å². The molecule has 0 saturated heterocycles. The lowest BCUT2D eigenvalue weighted by molar-refractivity contribution is -0.120. The molecule has 0 spiro atoms. The van der Waals surface area contributed by atoms with E-state index in [1.54, 1.807) is 25.1 Å². The molecule has 0 aliphatic rings. The number of hydrogen-bond donors (Lipinski definition) is 2. The van der Waals surface area contributed by atoms with Gasteiger partial charge in [0.2, 0.25) is 5.91 Å². The van der Waals surface area contributed by atoms with Crippen molar-refractivity contribution in [1.29, 1.82) is 0 Å². The minimum Gasteiger partial charge on any atom is -0.351 e. The lowest BCUT2D eigenvalue weighted by Gasteiger charge is -2.20. The summed E-state index contributed by atoms with van der Waals surface area (Å²) in [7, 11) is 0. The summed E-state index contributed by atoms with van der Waals surface area (Å²) in [5, 5.41) is 5.04. The van der Waals surface area contributed by atoms with Crippen molar-refractivity contribution in [3.8, 4) is 0 Å². The fraction of sp³-hybridized carbons (Fsp3) is 0.467. The summed E-state index contributed by atoms with van der Waals surface area (Å²) in [4.78, 5) is 23.4. The number of carbonyl (C=O) groups is 2. The van der Waals surface area contributed by atoms with Crippen LogP contribution in [0.1, 0.15) is 43.6 Å². The highest BCUT2D eigenvalue weighted by molar-refractivity contribution is 6.30. The van der Waals surface area contributed by atoms with Crippen LogP contribution >= 0.6 is 11.6 Å². The molecule has 0 aliphatic heterocycles. The molecule has 1 unspecified atom stereocenters. The quantitative estimate of drug-likeness (QED) is 0.839. The number of nitrogens with one attached hydrogen (secondary N) is 2. The van der Waals surface area contributed by atoms with E-state index in [0.29, 0.717) is 12.1 Å². The Balaban J connectivity index is 2.71. The number of carbonyl (C=O) groups excluding carboxylic acids is 2. The van der Waals surface area contributed by atoms with Gasteiger partial charge in [0.05, 0.1) is 0 Å². The second-order valence-electron chi connectivity index (χ2n) is 5.74. The molecule has 1 atom stereocenters. The minimum atomic E-state index is -0.567. The first-order valence-electron chi connectivity index (χ1n) is 6.52. The zero-order chi connectivity index (χ0) is 15.3. The summed E-state index contributed by atoms with van der Waals surface area (Å²) < 4.78 is 0. The van der Waals surface area contributed by atoms with Gasteiger partial charge in [0.1, 0.15) is 5.38 Å². The van der Waals surface area contributed by atoms with Crippen LogP contribution in [0.5, 0.6) is 0 Å². The van der Waals surface area contributed by atoms with Gasteiger partial charge in [-0.1, -0.05) is 12.1 Å². The minimum absolute atomic E-state index is 0.128. The first-order chi connectivity index (χ1) is 9.19. The van der Waals surface area contributed by atoms with Crippen LogP contribution in [0.15, 0.2) is 24.3 Å². The number of alkyl halides is 1. The van der Waals surface area contributed by atoms with Crippen LogP contribution in [0.4, 0.5) is 0 Å². The Kier molecular flexibility index (Phi) is 5.57. The van der Waals surface area contributed by atoms with Gasteiger partial charge in [0, 0.05) is 17.6 Å². The summed E-state index contributed by atoms with van der Waals surface area (Å²) in [6, 6.07) is 7.16. The van der Waals surface area contributed by atoms with Crippen molar-refractivity contribution in [1.82, 2.24) is 10.6 Å². The molecule has 1 aromatic rings. The molecule has 0 fully saturated rings. The van der Waals surface area contributed by atoms with Crippen molar-refractivity contribution < 1.29 is 9.59 Å². The van der Waals surface area contributed by atoms with Gasteiger partial charge >= 0.3 is 0 Å². The van der Waals surface area contributed by atoms with Crippen LogP contribution in [-0.4, -0.2) is 22.7 Å². The van der Waals surface area contributed by atoms with Crippen LogP contribution in [0.2, 0.25) is 0 Å². The molecule has 0 saturated carbocycles. The maximum Gasteiger partial charge on any atom is 0.251 e. The molecule has 2 N–H and O–H groups in total. The molecular weight excluding hydrogens is 276 g/mol. The zero-order valence-electron chi connectivity index (χ0n) is 12.3. The van der Waals surface area contributed by atoms with Crippen molar-refractivity contribution in [2.45, 2.75) is 45.2 Å². The maximum absolute atomic E-state index is 12.0. The van der Waals surface area contributed by atoms with Crippen molar-refractivity contribution in [2.75, 3.05) is 0 Å². The van der Waals surface area contributed by atoms with E-state index in [0.717, 1.165) is 5.56 Å². The predicted molar refractivity (Wildman–Crippen MR) is 80.8 cm³/mol. The van der Waals surface area contributed by atoms with E-state index < -0.39 is 5.38 Å². The van der Waals surface area contributed by atoms with E-state index in [-0.39, 0.29) is 17.4 Å². The SMILES string of the molecule is CC(Cl)C(=O)NCc1cccc(C(=O)NC(C)(C)C)c1. The van der Waals surface area contributed by atoms with Crippen molar-refractivity contribution in [3.63, 3.8) is 0 Å². The smallest absolute Gasteiger partial charge is 0.251 e. The lowest BCUT2D eigenvalue weighted by Crippen LogP contribution is -2.40. The molecule has 2 amide bonds. The Morgan fingerprint density at radius 1 is 1.30 bits per heavy atom. The number of rotatable bonds is 4. The predicted octanol–water partition coefficient (Wildman–Crippen LogP) is 2.46. The maximum atomic E-state index is 12.0. The van der Waals surface area contributed by atoms with E-state index in [1.807, 2.05) is 26.8 Å². The van der Waals surface area contributed by atoms with Crippen LogP contribution in [0.3, 0.4) is 0 Å². The molecule has 0 aliphatic carbocycles. The van der Waals surface area contributed by atoms with Gasteiger partial charge in [0.25, 0.3) is 5.91 Å². The van der Waals surface area contributed by atoms with Gasteiger partial charge in [-0.3, -0.25) is 9.59 Å². The standard InChI is InChI=1S/C15H21ClN2O2/c1-10(16)13(19)17-9-11-6-5-7-12(8-11)14(20)18-15(2,3)4/h5-8,10H,9H2,1-4H3,(H,17,19)(H,18,20). The van der Waals surface area contributed by atoms with Gasteiger partial charge in [-0.25, -0.2) is 0 Å². The number of hydrogen-bond acceptors (Lipinski definition) is 2. The van der Waals surface area contributed by atoms with E-state index >= 15 is 0 Å². The largest absolute Gasteiger partial charge is 0.351 e. The number of benzene rings is 1. The van der Waals surface area contributed by atoms with E-state index in [9.17, 15) is 9.59 Å². The molecule has 0 aromatic heterocycles. The molecular formula is C15H21ClN2O2. The lowest BCUT2D eigenvalue weighted by atomic mass is 10.1. The summed E-state index contributed by atoms with van der Waals surface area (Å²) in [5.41, 5.74) is 1.15. The first kappa shape index (κ1) is 16.5. The van der Waals surface area contributed by atoms with E-state index in [1.165, 1.54) is 0 Å². The summed E-state index contributed by atoms with van der Waals surface area (Å²) in [5.74, 6) is -0.354. The second-order valence-corrected chi connectivity index (χ2v) is 6.39. The third-order valence-corrected chi connectivity index (χ3v) is 2.70. The Morgan fingerprint density at radius 3 is 2.50 bits per heavy atom. The highest BCUT2D eigenvalue weighted by Crippen LogP contribution is 2.08. The van der Waals surface area contributed by atoms with Crippen molar-refractivity contribution in [2.24, 2.45) is 0 Å². The fourth-order valence-corrected chi connectivity index (χ4v) is 1.64. The van der Waals surface area contributed by atoms with Gasteiger partial charge in [-0.05, 0) is 45.4 Å². The Labute approximate surface area is 124 Å². The summed E-state index contributed by atoms with van der Waals surface area (Å²) in [6.07, 6.45) is 0. The monoisotopic (exact) mass is 296 g/mol. The molecule has 5 heteroatoms. The van der Waals surface area contributed by atoms with Crippen LogP contribution < -0.4 is 10.6 Å². The summed E-state index contributed by atoms with van der Waals surface area (Å²) in [6.45, 7) is 7.75. The topological polar surface area (TPSA) is 58.2 Å². The molecule has 1 aromatic carbocycles. The third kappa shape index (κ3) is 5.61. The van der Waals surface area contributed by atoms with Crippen LogP contribution in [0, 0.1) is 0 Å². The molecule has 0 bridgehead atoms. The first-order valence-corrected chi connectivity index (χ1v) is 6.96. The highest BCUT2D eigenvalue weighted by atomic mass is 35.5. The van der Waals surface area contributed by atoms with Gasteiger partial charge in [0.15, 0.2) is 0 Å². The van der Waals surface area contributed by atoms with Crippen LogP contribution in [-0.2, 0) is 11.3 Å². The molecule has 1 rings (SSSR count). The average Bonchev–Trinajstić information content (AvgIpc) is 2.34. The normalized spacial score (nSPS) is 12.7. The molecule has 0 radical (unpaired) electrons.